The van der Waals surface area contributed by atoms with Crippen molar-refractivity contribution in [2.75, 3.05) is 18.4 Å². The number of anilines is 1. The lowest BCUT2D eigenvalue weighted by atomic mass is 9.93. The molecule has 0 atom stereocenters. The first-order valence-electron chi connectivity index (χ1n) is 6.72. The first-order chi connectivity index (χ1) is 9.54. The molecule has 0 aromatic carbocycles. The van der Waals surface area contributed by atoms with Gasteiger partial charge in [0, 0.05) is 26.4 Å². The molecule has 1 saturated heterocycles. The number of piperidine rings is 1. The van der Waals surface area contributed by atoms with Crippen molar-refractivity contribution in [1.29, 1.82) is 0 Å². The first-order valence-corrected chi connectivity index (χ1v) is 7.52. The second-order valence-corrected chi connectivity index (χ2v) is 5.86. The smallest absolute Gasteiger partial charge is 0.225 e. The molecule has 0 aliphatic carbocycles. The Morgan fingerprint density at radius 2 is 2.10 bits per heavy atom. The van der Waals surface area contributed by atoms with E-state index < -0.39 is 0 Å². The van der Waals surface area contributed by atoms with Gasteiger partial charge in [-0.15, -0.1) is 0 Å². The zero-order chi connectivity index (χ0) is 14.5. The summed E-state index contributed by atoms with van der Waals surface area (Å²) in [5.41, 5.74) is 0. The Kier molecular flexibility index (Phi) is 5.11. The van der Waals surface area contributed by atoms with Crippen LogP contribution in [-0.2, 0) is 9.59 Å². The predicted octanol–water partition coefficient (Wildman–Crippen LogP) is 2.43. The van der Waals surface area contributed by atoms with Gasteiger partial charge in [-0.05, 0) is 46.8 Å². The van der Waals surface area contributed by atoms with Gasteiger partial charge in [-0.25, -0.2) is 4.98 Å². The summed E-state index contributed by atoms with van der Waals surface area (Å²) in [5, 5.41) is 2.80. The quantitative estimate of drug-likeness (QED) is 0.860. The van der Waals surface area contributed by atoms with Crippen LogP contribution in [0.25, 0.3) is 0 Å². The number of likely N-dealkylation sites (tertiary alicyclic amines) is 1. The summed E-state index contributed by atoms with van der Waals surface area (Å²) >= 11 is 3.27. The van der Waals surface area contributed by atoms with Crippen molar-refractivity contribution in [3.8, 4) is 0 Å². The van der Waals surface area contributed by atoms with E-state index in [9.17, 15) is 9.59 Å². The molecule has 1 N–H and O–H groups in total. The molecule has 1 aliphatic rings. The molecule has 108 valence electrons. The van der Waals surface area contributed by atoms with Crippen LogP contribution in [0.1, 0.15) is 26.2 Å². The summed E-state index contributed by atoms with van der Waals surface area (Å²) in [6.45, 7) is 3.09. The zero-order valence-electron chi connectivity index (χ0n) is 11.4. The summed E-state index contributed by atoms with van der Waals surface area (Å²) in [4.78, 5) is 29.2. The van der Waals surface area contributed by atoms with Crippen LogP contribution in [0.4, 0.5) is 5.82 Å². The van der Waals surface area contributed by atoms with E-state index in [1.165, 1.54) is 0 Å². The van der Waals surface area contributed by atoms with Crippen molar-refractivity contribution >= 4 is 33.6 Å². The predicted molar refractivity (Wildman–Crippen MR) is 80.2 cm³/mol. The Balaban J connectivity index is 1.80. The monoisotopic (exact) mass is 339 g/mol. The third-order valence-corrected chi connectivity index (χ3v) is 3.96. The van der Waals surface area contributed by atoms with E-state index in [4.69, 9.17) is 0 Å². The number of nitrogens with one attached hydrogen (secondary N) is 1. The average Bonchev–Trinajstić information content (AvgIpc) is 2.39. The molecule has 1 aromatic heterocycles. The number of rotatable bonds is 3. The Morgan fingerprint density at radius 3 is 2.70 bits per heavy atom. The summed E-state index contributed by atoms with van der Waals surface area (Å²) in [6.07, 6.45) is 2.26. The molecule has 20 heavy (non-hydrogen) atoms. The van der Waals surface area contributed by atoms with E-state index in [-0.39, 0.29) is 11.8 Å². The molecule has 0 radical (unpaired) electrons. The third-order valence-electron chi connectivity index (χ3n) is 3.52. The molecule has 6 heteroatoms. The van der Waals surface area contributed by atoms with Gasteiger partial charge < -0.3 is 10.2 Å². The molecule has 0 unspecified atom stereocenters. The van der Waals surface area contributed by atoms with Gasteiger partial charge in [0.25, 0.3) is 0 Å². The number of amides is 2. The lowest BCUT2D eigenvalue weighted by molar-refractivity contribution is -0.130. The fourth-order valence-electron chi connectivity index (χ4n) is 2.39. The minimum atomic E-state index is -0.0168. The fraction of sp³-hybridized carbons (Fsp3) is 0.500. The number of nitrogens with zero attached hydrogens (tertiary/aromatic N) is 2. The van der Waals surface area contributed by atoms with E-state index in [0.717, 1.165) is 25.9 Å². The Morgan fingerprint density at radius 1 is 1.40 bits per heavy atom. The van der Waals surface area contributed by atoms with E-state index in [2.05, 4.69) is 26.2 Å². The van der Waals surface area contributed by atoms with Crippen LogP contribution in [0, 0.1) is 5.92 Å². The third kappa shape index (κ3) is 4.30. The number of carbonyl (C=O) groups excluding carboxylic acids is 2. The molecule has 0 saturated carbocycles. The topological polar surface area (TPSA) is 62.3 Å². The summed E-state index contributed by atoms with van der Waals surface area (Å²) in [6, 6.07) is 5.41. The highest BCUT2D eigenvalue weighted by Gasteiger charge is 2.22. The number of carbonyl (C=O) groups is 2. The van der Waals surface area contributed by atoms with Crippen LogP contribution in [0.15, 0.2) is 22.8 Å². The lowest BCUT2D eigenvalue weighted by Crippen LogP contribution is -2.37. The summed E-state index contributed by atoms with van der Waals surface area (Å²) in [7, 11) is 0. The standard InChI is InChI=1S/C14H18BrN3O2/c1-10(19)18-7-5-11(6-8-18)9-14(20)17-13-4-2-3-12(15)16-13/h2-4,11H,5-9H2,1H3,(H,16,17,20). The van der Waals surface area contributed by atoms with Crippen molar-refractivity contribution in [3.63, 3.8) is 0 Å². The second-order valence-electron chi connectivity index (χ2n) is 5.05. The van der Waals surface area contributed by atoms with Crippen molar-refractivity contribution in [2.45, 2.75) is 26.2 Å². The minimum absolute atomic E-state index is 0.0168. The number of hydrogen-bond donors (Lipinski definition) is 1. The molecular weight excluding hydrogens is 322 g/mol. The van der Waals surface area contributed by atoms with Crippen LogP contribution in [0.3, 0.4) is 0 Å². The fourth-order valence-corrected chi connectivity index (χ4v) is 2.73. The van der Waals surface area contributed by atoms with Crippen molar-refractivity contribution in [3.05, 3.63) is 22.8 Å². The number of halogens is 1. The molecule has 1 fully saturated rings. The van der Waals surface area contributed by atoms with Gasteiger partial charge in [-0.3, -0.25) is 9.59 Å². The van der Waals surface area contributed by atoms with Crippen LogP contribution >= 0.6 is 15.9 Å². The molecular formula is C14H18BrN3O2. The normalized spacial score (nSPS) is 16.0. The highest BCUT2D eigenvalue weighted by atomic mass is 79.9. The van der Waals surface area contributed by atoms with E-state index in [1.807, 2.05) is 17.0 Å². The molecule has 5 nitrogen and oxygen atoms in total. The van der Waals surface area contributed by atoms with Crippen molar-refractivity contribution in [1.82, 2.24) is 9.88 Å². The molecule has 2 heterocycles. The highest BCUT2D eigenvalue weighted by Crippen LogP contribution is 2.21. The summed E-state index contributed by atoms with van der Waals surface area (Å²) in [5.74, 6) is 1.01. The lowest BCUT2D eigenvalue weighted by Gasteiger charge is -2.30. The molecule has 2 rings (SSSR count). The maximum atomic E-state index is 12.0. The molecule has 1 aliphatic heterocycles. The highest BCUT2D eigenvalue weighted by molar-refractivity contribution is 9.10. The Labute approximate surface area is 126 Å². The summed E-state index contributed by atoms with van der Waals surface area (Å²) < 4.78 is 0.699. The van der Waals surface area contributed by atoms with Gasteiger partial charge in [-0.1, -0.05) is 6.07 Å². The van der Waals surface area contributed by atoms with Gasteiger partial charge in [0.1, 0.15) is 10.4 Å². The van der Waals surface area contributed by atoms with Gasteiger partial charge in [-0.2, -0.15) is 0 Å². The zero-order valence-corrected chi connectivity index (χ0v) is 13.0. The second kappa shape index (κ2) is 6.83. The van der Waals surface area contributed by atoms with E-state index >= 15 is 0 Å². The molecule has 2 amide bonds. The van der Waals surface area contributed by atoms with Gasteiger partial charge in [0.2, 0.25) is 11.8 Å². The minimum Gasteiger partial charge on any atom is -0.343 e. The average molecular weight is 340 g/mol. The maximum absolute atomic E-state index is 12.0. The van der Waals surface area contributed by atoms with Gasteiger partial charge in [0.15, 0.2) is 0 Å². The van der Waals surface area contributed by atoms with Crippen molar-refractivity contribution in [2.24, 2.45) is 5.92 Å². The van der Waals surface area contributed by atoms with E-state index in [1.54, 1.807) is 13.0 Å². The van der Waals surface area contributed by atoms with Crippen molar-refractivity contribution < 1.29 is 9.59 Å². The SMILES string of the molecule is CC(=O)N1CCC(CC(=O)Nc2cccc(Br)n2)CC1. The maximum Gasteiger partial charge on any atom is 0.225 e. The molecule has 0 bridgehead atoms. The van der Waals surface area contributed by atoms with Gasteiger partial charge in [0.05, 0.1) is 0 Å². The number of pyridine rings is 1. The molecule has 1 aromatic rings. The number of hydrogen-bond acceptors (Lipinski definition) is 3. The van der Waals surface area contributed by atoms with Gasteiger partial charge >= 0.3 is 0 Å². The van der Waals surface area contributed by atoms with E-state index in [0.29, 0.717) is 22.8 Å². The first kappa shape index (κ1) is 15.0. The Bertz CT molecular complexity index is 499. The van der Waals surface area contributed by atoms with Crippen LogP contribution in [0.5, 0.6) is 0 Å². The van der Waals surface area contributed by atoms with Crippen LogP contribution < -0.4 is 5.32 Å². The molecule has 0 spiro atoms. The van der Waals surface area contributed by atoms with Crippen LogP contribution in [-0.4, -0.2) is 34.8 Å². The Hall–Kier alpha value is -1.43. The largest absolute Gasteiger partial charge is 0.343 e. The number of aromatic nitrogens is 1. The van der Waals surface area contributed by atoms with Crippen LogP contribution in [0.2, 0.25) is 0 Å².